The molecule has 0 bridgehead atoms. The molecule has 0 aromatic heterocycles. The topological polar surface area (TPSA) is 53.5 Å². The fourth-order valence-corrected chi connectivity index (χ4v) is 1.14. The average Bonchev–Trinajstić information content (AvgIpc) is 2.29. The summed E-state index contributed by atoms with van der Waals surface area (Å²) in [5.74, 6) is -7.72. The van der Waals surface area contributed by atoms with Crippen molar-refractivity contribution in [3.05, 3.63) is 39.4 Å². The molecule has 8 heteroatoms. The lowest BCUT2D eigenvalue weighted by Gasteiger charge is -2.03. The van der Waals surface area contributed by atoms with E-state index in [0.717, 1.165) is 0 Å². The number of halogens is 5. The van der Waals surface area contributed by atoms with E-state index < -0.39 is 39.6 Å². The van der Waals surface area contributed by atoms with Crippen molar-refractivity contribution in [2.24, 2.45) is 0 Å². The van der Waals surface area contributed by atoms with E-state index in [1.807, 2.05) is 0 Å². The van der Waals surface area contributed by atoms with Gasteiger partial charge < -0.3 is 5.53 Å². The van der Waals surface area contributed by atoms with Crippen molar-refractivity contribution in [2.45, 2.75) is 0 Å². The number of hydrogen-bond acceptors (Lipinski definition) is 1. The maximum Gasteiger partial charge on any atom is 0.367 e. The highest BCUT2D eigenvalue weighted by atomic mass is 35.5. The van der Waals surface area contributed by atoms with Crippen LogP contribution >= 0.6 is 11.6 Å². The summed E-state index contributed by atoms with van der Waals surface area (Å²) in [6.45, 7) is 0. The van der Waals surface area contributed by atoms with Gasteiger partial charge in [-0.25, -0.2) is 17.6 Å². The van der Waals surface area contributed by atoms with Gasteiger partial charge in [0.2, 0.25) is 6.29 Å². The Labute approximate surface area is 90.9 Å². The first-order chi connectivity index (χ1) is 7.45. The van der Waals surface area contributed by atoms with Crippen LogP contribution in [0.1, 0.15) is 5.56 Å². The molecule has 16 heavy (non-hydrogen) atoms. The van der Waals surface area contributed by atoms with E-state index in [2.05, 4.69) is 4.79 Å². The zero-order valence-corrected chi connectivity index (χ0v) is 8.03. The van der Waals surface area contributed by atoms with E-state index in [9.17, 15) is 22.4 Å². The molecule has 0 saturated heterocycles. The van der Waals surface area contributed by atoms with Crippen LogP contribution in [0.3, 0.4) is 0 Å². The predicted molar refractivity (Wildman–Crippen MR) is 45.1 cm³/mol. The van der Waals surface area contributed by atoms with Gasteiger partial charge >= 0.3 is 5.71 Å². The molecule has 0 fully saturated rings. The molecule has 0 heterocycles. The standard InChI is InChI=1S/C8HClF4N2O/c9-4-5(10)3(2(1-16)15-14)6(11)8(13)7(4)12/h1H. The highest BCUT2D eigenvalue weighted by Gasteiger charge is 2.31. The van der Waals surface area contributed by atoms with E-state index in [-0.39, 0.29) is 6.29 Å². The molecule has 0 spiro atoms. The lowest BCUT2D eigenvalue weighted by atomic mass is 10.1. The van der Waals surface area contributed by atoms with E-state index in [0.29, 0.717) is 0 Å². The maximum absolute atomic E-state index is 13.2. The van der Waals surface area contributed by atoms with E-state index in [1.54, 1.807) is 0 Å². The number of rotatable bonds is 2. The number of carbonyl (C=O) groups is 1. The predicted octanol–water partition coefficient (Wildman–Crippen LogP) is 2.11. The third kappa shape index (κ3) is 1.70. The van der Waals surface area contributed by atoms with Crippen molar-refractivity contribution in [1.82, 2.24) is 0 Å². The molecular weight excluding hydrogens is 252 g/mol. The second-order valence-corrected chi connectivity index (χ2v) is 2.93. The summed E-state index contributed by atoms with van der Waals surface area (Å²) in [6.07, 6.45) is -0.241. The van der Waals surface area contributed by atoms with Crippen molar-refractivity contribution in [3.63, 3.8) is 0 Å². The monoisotopic (exact) mass is 252 g/mol. The molecule has 0 atom stereocenters. The average molecular weight is 253 g/mol. The van der Waals surface area contributed by atoms with Gasteiger partial charge in [-0.05, 0) is 0 Å². The minimum Gasteiger partial charge on any atom is -0.361 e. The van der Waals surface area contributed by atoms with Crippen molar-refractivity contribution in [1.29, 1.82) is 0 Å². The Kier molecular flexibility index (Phi) is 3.41. The number of benzene rings is 1. The summed E-state index contributed by atoms with van der Waals surface area (Å²) in [7, 11) is 0. The van der Waals surface area contributed by atoms with Gasteiger partial charge in [-0.1, -0.05) is 11.6 Å². The molecule has 0 aliphatic rings. The molecule has 1 aromatic carbocycles. The molecule has 0 N–H and O–H groups in total. The van der Waals surface area contributed by atoms with Gasteiger partial charge in [-0.15, -0.1) is 0 Å². The Balaban J connectivity index is 3.77. The Hall–Kier alpha value is -1.72. The van der Waals surface area contributed by atoms with Crippen LogP contribution in [0.15, 0.2) is 0 Å². The number of hydrogen-bond donors (Lipinski definition) is 0. The summed E-state index contributed by atoms with van der Waals surface area (Å²) < 4.78 is 51.8. The zero-order valence-electron chi connectivity index (χ0n) is 7.27. The van der Waals surface area contributed by atoms with Crippen LogP contribution in [-0.4, -0.2) is 16.8 Å². The summed E-state index contributed by atoms with van der Waals surface area (Å²) in [5, 5.41) is -1.34. The van der Waals surface area contributed by atoms with Crippen LogP contribution < -0.4 is 0 Å². The Morgan fingerprint density at radius 3 is 2.12 bits per heavy atom. The molecule has 84 valence electrons. The van der Waals surface area contributed by atoms with Crippen LogP contribution in [0.2, 0.25) is 5.02 Å². The zero-order chi connectivity index (χ0) is 12.5. The highest BCUT2D eigenvalue weighted by molar-refractivity contribution is 6.35. The smallest absolute Gasteiger partial charge is 0.361 e. The number of nitrogens with zero attached hydrogens (tertiary/aromatic N) is 2. The lowest BCUT2D eigenvalue weighted by Crippen LogP contribution is -2.13. The van der Waals surface area contributed by atoms with Crippen LogP contribution in [-0.2, 0) is 4.79 Å². The third-order valence-corrected chi connectivity index (χ3v) is 2.02. The minimum absolute atomic E-state index is 0.241. The van der Waals surface area contributed by atoms with Crippen molar-refractivity contribution in [3.8, 4) is 0 Å². The van der Waals surface area contributed by atoms with Crippen LogP contribution in [0.4, 0.5) is 17.6 Å². The molecule has 1 aromatic rings. The normalized spacial score (nSPS) is 9.81. The molecule has 0 amide bonds. The molecule has 0 radical (unpaired) electrons. The van der Waals surface area contributed by atoms with E-state index >= 15 is 0 Å². The first kappa shape index (κ1) is 12.4. The third-order valence-electron chi connectivity index (χ3n) is 1.69. The first-order valence-corrected chi connectivity index (χ1v) is 4.02. The summed E-state index contributed by atoms with van der Waals surface area (Å²) >= 11 is 5.01. The minimum atomic E-state index is -2.07. The SMILES string of the molecule is [N-]=[N+]=C(C=O)c1c(F)c(F)c(F)c(Cl)c1F. The molecule has 1 rings (SSSR count). The molecule has 3 nitrogen and oxygen atoms in total. The Morgan fingerprint density at radius 1 is 1.12 bits per heavy atom. The highest BCUT2D eigenvalue weighted by Crippen LogP contribution is 2.27. The van der Waals surface area contributed by atoms with Gasteiger partial charge in [-0.3, -0.25) is 4.79 Å². The van der Waals surface area contributed by atoms with E-state index in [4.69, 9.17) is 17.1 Å². The summed E-state index contributed by atoms with van der Waals surface area (Å²) in [6, 6.07) is 0. The van der Waals surface area contributed by atoms with Gasteiger partial charge in [0, 0.05) is 0 Å². The fourth-order valence-electron chi connectivity index (χ4n) is 0.962. The van der Waals surface area contributed by atoms with Gasteiger partial charge in [-0.2, -0.15) is 4.79 Å². The maximum atomic E-state index is 13.2. The van der Waals surface area contributed by atoms with Crippen LogP contribution in [0.5, 0.6) is 0 Å². The van der Waals surface area contributed by atoms with Crippen LogP contribution in [0.25, 0.3) is 5.53 Å². The summed E-state index contributed by atoms with van der Waals surface area (Å²) in [5.41, 5.74) is 5.77. The van der Waals surface area contributed by atoms with Crippen molar-refractivity contribution < 1.29 is 27.1 Å². The van der Waals surface area contributed by atoms with Gasteiger partial charge in [0.1, 0.15) is 10.6 Å². The largest absolute Gasteiger partial charge is 0.367 e. The van der Waals surface area contributed by atoms with Crippen molar-refractivity contribution in [2.75, 3.05) is 0 Å². The van der Waals surface area contributed by atoms with Gasteiger partial charge in [0.15, 0.2) is 23.3 Å². The van der Waals surface area contributed by atoms with E-state index in [1.165, 1.54) is 0 Å². The second-order valence-electron chi connectivity index (χ2n) is 2.55. The molecule has 0 unspecified atom stereocenters. The molecule has 0 aliphatic heterocycles. The molecule has 0 aliphatic carbocycles. The fraction of sp³-hybridized carbons (Fsp3) is 0. The lowest BCUT2D eigenvalue weighted by molar-refractivity contribution is -0.106. The number of aldehydes is 1. The molecule has 0 saturated carbocycles. The van der Waals surface area contributed by atoms with Gasteiger partial charge in [0.05, 0.1) is 0 Å². The van der Waals surface area contributed by atoms with Gasteiger partial charge in [0.25, 0.3) is 0 Å². The first-order valence-electron chi connectivity index (χ1n) is 3.64. The summed E-state index contributed by atoms with van der Waals surface area (Å²) in [4.78, 5) is 12.5. The molecular formula is C8HClF4N2O. The Bertz CT molecular complexity index is 496. The quantitative estimate of drug-likeness (QED) is 0.151. The van der Waals surface area contributed by atoms with Crippen LogP contribution in [0, 0.1) is 23.3 Å². The second kappa shape index (κ2) is 4.42. The number of carbonyl (C=O) groups excluding carboxylic acids is 1. The van der Waals surface area contributed by atoms with Crippen molar-refractivity contribution >= 4 is 23.6 Å². The Morgan fingerprint density at radius 2 is 1.69 bits per heavy atom.